The van der Waals surface area contributed by atoms with Gasteiger partial charge in [-0.25, -0.2) is 9.67 Å². The Labute approximate surface area is 190 Å². The second-order valence-corrected chi connectivity index (χ2v) is 8.12. The van der Waals surface area contributed by atoms with Crippen molar-refractivity contribution < 1.29 is 14.3 Å². The van der Waals surface area contributed by atoms with Crippen LogP contribution in [0.5, 0.6) is 11.5 Å². The molecule has 162 valence electrons. The first-order valence-electron chi connectivity index (χ1n) is 9.96. The number of fused-ring (bicyclic) bond motifs is 1. The molecule has 0 saturated heterocycles. The molecule has 0 unspecified atom stereocenters. The Hall–Kier alpha value is -3.83. The second kappa shape index (κ2) is 9.54. The summed E-state index contributed by atoms with van der Waals surface area (Å²) in [5.41, 5.74) is 2.85. The van der Waals surface area contributed by atoms with Gasteiger partial charge in [-0.1, -0.05) is 18.1 Å². The van der Waals surface area contributed by atoms with Crippen molar-refractivity contribution in [1.82, 2.24) is 20.1 Å². The summed E-state index contributed by atoms with van der Waals surface area (Å²) in [6.07, 6.45) is 6.98. The third kappa shape index (κ3) is 4.58. The second-order valence-electron chi connectivity index (χ2n) is 7.09. The van der Waals surface area contributed by atoms with Gasteiger partial charge in [0.25, 0.3) is 5.91 Å². The minimum absolute atomic E-state index is 0.135. The van der Waals surface area contributed by atoms with E-state index < -0.39 is 0 Å². The van der Waals surface area contributed by atoms with Gasteiger partial charge in [0.05, 0.1) is 30.8 Å². The molecule has 4 rings (SSSR count). The van der Waals surface area contributed by atoms with E-state index in [2.05, 4.69) is 27.4 Å². The number of rotatable bonds is 8. The third-order valence-electron chi connectivity index (χ3n) is 4.86. The molecule has 8 heteroatoms. The molecule has 1 N–H and O–H groups in total. The lowest BCUT2D eigenvalue weighted by Crippen LogP contribution is -2.23. The minimum Gasteiger partial charge on any atom is -0.493 e. The van der Waals surface area contributed by atoms with Crippen LogP contribution in [0.3, 0.4) is 0 Å². The van der Waals surface area contributed by atoms with Gasteiger partial charge >= 0.3 is 0 Å². The highest BCUT2D eigenvalue weighted by atomic mass is 32.1. The van der Waals surface area contributed by atoms with Gasteiger partial charge < -0.3 is 14.8 Å². The molecule has 0 atom stereocenters. The molecule has 0 saturated carbocycles. The van der Waals surface area contributed by atoms with Gasteiger partial charge in [-0.3, -0.25) is 4.79 Å². The molecule has 0 aliphatic carbocycles. The number of carbonyl (C=O) groups is 1. The average molecular weight is 447 g/mol. The molecule has 0 aliphatic heterocycles. The summed E-state index contributed by atoms with van der Waals surface area (Å²) in [6.45, 7) is 2.94. The Bertz CT molecular complexity index is 1290. The first kappa shape index (κ1) is 21.4. The fourth-order valence-electron chi connectivity index (χ4n) is 3.37. The minimum atomic E-state index is -0.196. The van der Waals surface area contributed by atoms with E-state index in [0.29, 0.717) is 35.8 Å². The maximum atomic E-state index is 13.0. The zero-order valence-electron chi connectivity index (χ0n) is 17.8. The molecule has 1 amide bonds. The number of hydrogen-bond acceptors (Lipinski definition) is 6. The first-order chi connectivity index (χ1) is 15.6. The Morgan fingerprint density at radius 2 is 2.16 bits per heavy atom. The number of nitrogens with zero attached hydrogens (tertiary/aromatic N) is 3. The van der Waals surface area contributed by atoms with E-state index in [1.165, 1.54) is 4.88 Å². The number of ether oxygens (including phenoxy) is 2. The Kier molecular flexibility index (Phi) is 6.38. The maximum absolute atomic E-state index is 13.0. The Morgan fingerprint density at radius 3 is 2.91 bits per heavy atom. The van der Waals surface area contributed by atoms with Gasteiger partial charge in [0.15, 0.2) is 17.1 Å². The van der Waals surface area contributed by atoms with Crippen LogP contribution in [0.4, 0.5) is 0 Å². The van der Waals surface area contributed by atoms with Gasteiger partial charge in [0.2, 0.25) is 0 Å². The topological polar surface area (TPSA) is 78.3 Å². The Morgan fingerprint density at radius 1 is 1.28 bits per heavy atom. The molecule has 4 aromatic rings. The van der Waals surface area contributed by atoms with Crippen molar-refractivity contribution in [3.05, 3.63) is 69.7 Å². The van der Waals surface area contributed by atoms with Crippen molar-refractivity contribution in [1.29, 1.82) is 0 Å². The van der Waals surface area contributed by atoms with Crippen LogP contribution < -0.4 is 14.8 Å². The molecule has 32 heavy (non-hydrogen) atoms. The lowest BCUT2D eigenvalue weighted by Gasteiger charge is -2.12. The molecule has 0 bridgehead atoms. The SMILES string of the molecule is C#CCOc1cc(CNC(=O)c2cc(C)nc3c2cnn3Cc2cccs2)ccc1OC. The van der Waals surface area contributed by atoms with Crippen LogP contribution in [-0.4, -0.2) is 34.4 Å². The molecule has 1 aromatic carbocycles. The fourth-order valence-corrected chi connectivity index (χ4v) is 4.05. The quantitative estimate of drug-likeness (QED) is 0.417. The van der Waals surface area contributed by atoms with Crippen molar-refractivity contribution >= 4 is 28.3 Å². The summed E-state index contributed by atoms with van der Waals surface area (Å²) < 4.78 is 12.7. The number of aromatic nitrogens is 3. The van der Waals surface area contributed by atoms with Crippen LogP contribution in [0.15, 0.2) is 48.0 Å². The predicted molar refractivity (Wildman–Crippen MR) is 124 cm³/mol. The van der Waals surface area contributed by atoms with Gasteiger partial charge in [0, 0.05) is 17.1 Å². The van der Waals surface area contributed by atoms with Crippen LogP contribution in [0.25, 0.3) is 11.0 Å². The van der Waals surface area contributed by atoms with Crippen molar-refractivity contribution in [2.45, 2.75) is 20.0 Å². The fraction of sp³-hybridized carbons (Fsp3) is 0.208. The van der Waals surface area contributed by atoms with Gasteiger partial charge in [-0.15, -0.1) is 17.8 Å². The van der Waals surface area contributed by atoms with Gasteiger partial charge in [-0.2, -0.15) is 5.10 Å². The first-order valence-corrected chi connectivity index (χ1v) is 10.8. The van der Waals surface area contributed by atoms with Gasteiger partial charge in [-0.05, 0) is 42.1 Å². The zero-order valence-corrected chi connectivity index (χ0v) is 18.6. The summed E-state index contributed by atoms with van der Waals surface area (Å²) in [7, 11) is 1.56. The van der Waals surface area contributed by atoms with Crippen LogP contribution in [0.2, 0.25) is 0 Å². The standard InChI is InChI=1S/C24H22N4O3S/c1-4-9-31-22-12-17(7-8-21(22)30-3)13-25-24(29)19-11-16(2)27-23-20(19)14-26-28(23)15-18-6-5-10-32-18/h1,5-8,10-12,14H,9,13,15H2,2-3H3,(H,25,29). The summed E-state index contributed by atoms with van der Waals surface area (Å²) in [6, 6.07) is 11.3. The number of benzene rings is 1. The number of hydrogen-bond donors (Lipinski definition) is 1. The molecule has 3 heterocycles. The van der Waals surface area contributed by atoms with E-state index in [9.17, 15) is 4.79 Å². The molecule has 7 nitrogen and oxygen atoms in total. The molecule has 0 fully saturated rings. The number of aryl methyl sites for hydroxylation is 1. The van der Waals surface area contributed by atoms with Crippen LogP contribution >= 0.6 is 11.3 Å². The van der Waals surface area contributed by atoms with Crippen molar-refractivity contribution in [3.8, 4) is 23.8 Å². The van der Waals surface area contributed by atoms with E-state index in [-0.39, 0.29) is 12.5 Å². The lowest BCUT2D eigenvalue weighted by molar-refractivity contribution is 0.0952. The predicted octanol–water partition coefficient (Wildman–Crippen LogP) is 3.80. The monoisotopic (exact) mass is 446 g/mol. The number of terminal acetylenes is 1. The highest BCUT2D eigenvalue weighted by Gasteiger charge is 2.16. The van der Waals surface area contributed by atoms with E-state index in [0.717, 1.165) is 16.6 Å². The van der Waals surface area contributed by atoms with E-state index in [1.54, 1.807) is 36.8 Å². The average Bonchev–Trinajstić information content (AvgIpc) is 3.46. The number of methoxy groups -OCH3 is 1. The molecule has 3 aromatic heterocycles. The zero-order chi connectivity index (χ0) is 22.5. The highest BCUT2D eigenvalue weighted by Crippen LogP contribution is 2.28. The van der Waals surface area contributed by atoms with Crippen LogP contribution in [0, 0.1) is 19.3 Å². The number of nitrogens with one attached hydrogen (secondary N) is 1. The normalized spacial score (nSPS) is 10.7. The van der Waals surface area contributed by atoms with Crippen LogP contribution in [0.1, 0.15) is 26.5 Å². The van der Waals surface area contributed by atoms with Crippen molar-refractivity contribution in [2.75, 3.05) is 13.7 Å². The molecular weight excluding hydrogens is 424 g/mol. The molecule has 0 aliphatic rings. The van der Waals surface area contributed by atoms with Crippen LogP contribution in [-0.2, 0) is 13.1 Å². The third-order valence-corrected chi connectivity index (χ3v) is 5.72. The van der Waals surface area contributed by atoms with E-state index in [1.807, 2.05) is 35.2 Å². The summed E-state index contributed by atoms with van der Waals surface area (Å²) in [5, 5.41) is 10.2. The van der Waals surface area contributed by atoms with Gasteiger partial charge in [0.1, 0.15) is 6.61 Å². The molecular formula is C24H22N4O3S. The van der Waals surface area contributed by atoms with E-state index in [4.69, 9.17) is 15.9 Å². The van der Waals surface area contributed by atoms with Crippen molar-refractivity contribution in [3.63, 3.8) is 0 Å². The maximum Gasteiger partial charge on any atom is 0.252 e. The largest absolute Gasteiger partial charge is 0.493 e. The number of carbonyl (C=O) groups excluding carboxylic acids is 1. The molecule has 0 radical (unpaired) electrons. The number of amides is 1. The lowest BCUT2D eigenvalue weighted by atomic mass is 10.1. The Balaban J connectivity index is 1.54. The summed E-state index contributed by atoms with van der Waals surface area (Å²) in [4.78, 5) is 18.8. The van der Waals surface area contributed by atoms with Crippen molar-refractivity contribution in [2.24, 2.45) is 0 Å². The summed E-state index contributed by atoms with van der Waals surface area (Å²) in [5.74, 6) is 3.36. The smallest absolute Gasteiger partial charge is 0.252 e. The summed E-state index contributed by atoms with van der Waals surface area (Å²) >= 11 is 1.66. The number of thiophene rings is 1. The molecule has 0 spiro atoms. The van der Waals surface area contributed by atoms with E-state index >= 15 is 0 Å². The highest BCUT2D eigenvalue weighted by molar-refractivity contribution is 7.09. The number of pyridine rings is 1.